The summed E-state index contributed by atoms with van der Waals surface area (Å²) in [5, 5.41) is 8.54. The first-order valence-corrected chi connectivity index (χ1v) is 12.5. The van der Waals surface area contributed by atoms with Gasteiger partial charge in [0.25, 0.3) is 0 Å². The molecule has 1 aromatic rings. The van der Waals surface area contributed by atoms with E-state index in [-0.39, 0.29) is 23.8 Å². The van der Waals surface area contributed by atoms with Crippen molar-refractivity contribution in [2.45, 2.75) is 83.0 Å². The number of piperidine rings is 1. The Labute approximate surface area is 218 Å². The van der Waals surface area contributed by atoms with E-state index < -0.39 is 41.5 Å². The number of halogens is 6. The third-order valence-corrected chi connectivity index (χ3v) is 6.47. The van der Waals surface area contributed by atoms with Gasteiger partial charge in [-0.2, -0.15) is 31.6 Å². The van der Waals surface area contributed by atoms with E-state index in [2.05, 4.69) is 6.07 Å². The van der Waals surface area contributed by atoms with Crippen LogP contribution in [0.3, 0.4) is 0 Å². The third kappa shape index (κ3) is 7.38. The number of fused-ring (bicyclic) bond motifs is 2. The molecule has 3 heterocycles. The average molecular weight is 550 g/mol. The molecule has 2 bridgehead atoms. The minimum Gasteiger partial charge on any atom is -0.329 e. The number of benzene rings is 1. The van der Waals surface area contributed by atoms with E-state index in [4.69, 9.17) is 11.0 Å². The number of nitrogens with two attached hydrogens (primary N) is 1. The predicted molar refractivity (Wildman–Crippen MR) is 129 cm³/mol. The van der Waals surface area contributed by atoms with Crippen molar-refractivity contribution in [1.82, 2.24) is 9.80 Å². The van der Waals surface area contributed by atoms with E-state index in [9.17, 15) is 35.9 Å². The quantitative estimate of drug-likeness (QED) is 0.444. The number of piperazine rings is 1. The molecule has 0 spiro atoms. The number of carbonyl (C=O) groups excluding carboxylic acids is 2. The molecule has 3 fully saturated rings. The standard InChI is InChI=1S/C16H17F6N3O.C7H10N2O.C2H6/c1-8(23)6-24-7-12-5-13(24)14(26)25(12)11-3-9(15(17,18)19)2-10(4-11)16(20,21)22;8-5-7-3-1-2-4-9(7)6-10;1-2/h2-4,8,12-13H,5-7,23H2,1H3;6-7H,1-4H2;1-2H3/t8-,12?,13+;;/m1../s1. The van der Waals surface area contributed by atoms with Crippen molar-refractivity contribution in [3.05, 3.63) is 29.3 Å². The summed E-state index contributed by atoms with van der Waals surface area (Å²) in [6.45, 7) is 7.32. The number of nitrogens with zero attached hydrogens (tertiary/aromatic N) is 4. The fourth-order valence-corrected chi connectivity index (χ4v) is 4.87. The largest absolute Gasteiger partial charge is 0.416 e. The van der Waals surface area contributed by atoms with Crippen LogP contribution in [-0.2, 0) is 21.9 Å². The van der Waals surface area contributed by atoms with Crippen LogP contribution in [0.1, 0.15) is 57.6 Å². The molecule has 0 radical (unpaired) electrons. The van der Waals surface area contributed by atoms with Gasteiger partial charge in [0, 0.05) is 31.4 Å². The van der Waals surface area contributed by atoms with Crippen molar-refractivity contribution < 1.29 is 35.9 Å². The molecule has 13 heteroatoms. The number of likely N-dealkylation sites (tertiary alicyclic amines) is 2. The second-order valence-corrected chi connectivity index (χ2v) is 9.29. The molecule has 2 N–H and O–H groups in total. The van der Waals surface area contributed by atoms with Gasteiger partial charge in [0.05, 0.1) is 29.3 Å². The van der Waals surface area contributed by atoms with Crippen LogP contribution in [-0.4, -0.2) is 65.9 Å². The molecule has 4 rings (SSSR count). The molecule has 3 aliphatic heterocycles. The van der Waals surface area contributed by atoms with Gasteiger partial charge in [-0.1, -0.05) is 13.8 Å². The Morgan fingerprint density at radius 3 is 2.11 bits per heavy atom. The summed E-state index contributed by atoms with van der Waals surface area (Å²) in [4.78, 5) is 27.3. The van der Waals surface area contributed by atoms with E-state index in [1.54, 1.807) is 11.8 Å². The number of rotatable bonds is 4. The molecule has 212 valence electrons. The van der Waals surface area contributed by atoms with E-state index in [0.717, 1.165) is 37.1 Å². The smallest absolute Gasteiger partial charge is 0.329 e. The molecule has 38 heavy (non-hydrogen) atoms. The Morgan fingerprint density at radius 2 is 1.68 bits per heavy atom. The van der Waals surface area contributed by atoms with E-state index >= 15 is 0 Å². The SMILES string of the molecule is CC.C[C@@H](N)CN1CC2C[C@H]1C(=O)N2c1cc(C(F)(F)F)cc(C(F)(F)F)c1.N#CC1CCCCN1C=O. The van der Waals surface area contributed by atoms with Gasteiger partial charge < -0.3 is 15.5 Å². The molecule has 4 atom stereocenters. The first-order valence-electron chi connectivity index (χ1n) is 12.5. The second kappa shape index (κ2) is 12.8. The maximum absolute atomic E-state index is 13.0. The van der Waals surface area contributed by atoms with Crippen molar-refractivity contribution in [1.29, 1.82) is 5.26 Å². The van der Waals surface area contributed by atoms with E-state index in [1.165, 1.54) is 0 Å². The zero-order valence-corrected chi connectivity index (χ0v) is 21.5. The lowest BCUT2D eigenvalue weighted by atomic mass is 10.0. The molecule has 0 saturated carbocycles. The van der Waals surface area contributed by atoms with E-state index in [1.807, 2.05) is 18.7 Å². The summed E-state index contributed by atoms with van der Waals surface area (Å²) >= 11 is 0. The van der Waals surface area contributed by atoms with Crippen LogP contribution in [0.4, 0.5) is 32.0 Å². The second-order valence-electron chi connectivity index (χ2n) is 9.29. The van der Waals surface area contributed by atoms with Gasteiger partial charge in [0.15, 0.2) is 0 Å². The fraction of sp³-hybridized carbons (Fsp3) is 0.640. The monoisotopic (exact) mass is 549 g/mol. The summed E-state index contributed by atoms with van der Waals surface area (Å²) in [6.07, 6.45) is -5.80. The highest BCUT2D eigenvalue weighted by molar-refractivity contribution is 6.01. The van der Waals surface area contributed by atoms with Crippen molar-refractivity contribution >= 4 is 18.0 Å². The van der Waals surface area contributed by atoms with Crippen LogP contribution in [0.15, 0.2) is 18.2 Å². The lowest BCUT2D eigenvalue weighted by Gasteiger charge is -2.35. The van der Waals surface area contributed by atoms with Crippen LogP contribution < -0.4 is 10.6 Å². The van der Waals surface area contributed by atoms with Crippen molar-refractivity contribution in [2.24, 2.45) is 5.73 Å². The maximum atomic E-state index is 13.0. The Bertz CT molecular complexity index is 975. The molecule has 0 aliphatic carbocycles. The summed E-state index contributed by atoms with van der Waals surface area (Å²) < 4.78 is 78.1. The Morgan fingerprint density at radius 1 is 1.11 bits per heavy atom. The molecule has 1 aromatic carbocycles. The summed E-state index contributed by atoms with van der Waals surface area (Å²) in [5.41, 5.74) is 2.49. The molecule has 7 nitrogen and oxygen atoms in total. The number of alkyl halides is 6. The van der Waals surface area contributed by atoms with Gasteiger partial charge in [-0.05, 0) is 50.8 Å². The fourth-order valence-electron chi connectivity index (χ4n) is 4.87. The molecule has 3 saturated heterocycles. The van der Waals surface area contributed by atoms with Crippen LogP contribution in [0.5, 0.6) is 0 Å². The minimum atomic E-state index is -4.95. The molecular formula is C25H33F6N5O2. The molecule has 0 aromatic heterocycles. The third-order valence-electron chi connectivity index (χ3n) is 6.47. The topological polar surface area (TPSA) is 93.7 Å². The zero-order chi connectivity index (χ0) is 28.8. The molecule has 3 aliphatic rings. The minimum absolute atomic E-state index is 0.0602. The van der Waals surface area contributed by atoms with E-state index in [0.29, 0.717) is 31.6 Å². The number of hydrogen-bond donors (Lipinski definition) is 1. The van der Waals surface area contributed by atoms with Gasteiger partial charge in [-0.15, -0.1) is 0 Å². The molecule has 2 unspecified atom stereocenters. The summed E-state index contributed by atoms with van der Waals surface area (Å²) in [7, 11) is 0. The number of carbonyl (C=O) groups is 2. The van der Waals surface area contributed by atoms with Crippen LogP contribution in [0, 0.1) is 11.3 Å². The summed E-state index contributed by atoms with van der Waals surface area (Å²) in [5.74, 6) is -0.491. The maximum Gasteiger partial charge on any atom is 0.416 e. The number of nitriles is 1. The zero-order valence-electron chi connectivity index (χ0n) is 21.5. The Balaban J connectivity index is 0.000000353. The first kappa shape index (κ1) is 31.4. The molecular weight excluding hydrogens is 516 g/mol. The van der Waals surface area contributed by atoms with Gasteiger partial charge in [-0.25, -0.2) is 0 Å². The van der Waals surface area contributed by atoms with Gasteiger partial charge >= 0.3 is 12.4 Å². The average Bonchev–Trinajstić information content (AvgIpc) is 3.41. The Kier molecular flexibility index (Phi) is 10.6. The summed E-state index contributed by atoms with van der Waals surface area (Å²) in [6, 6.07) is 1.98. The highest BCUT2D eigenvalue weighted by Crippen LogP contribution is 2.42. The van der Waals surface area contributed by atoms with Gasteiger partial charge in [-0.3, -0.25) is 14.5 Å². The number of amides is 2. The van der Waals surface area contributed by atoms with Crippen molar-refractivity contribution in [3.8, 4) is 6.07 Å². The van der Waals surface area contributed by atoms with Gasteiger partial charge in [0.2, 0.25) is 12.3 Å². The van der Waals surface area contributed by atoms with Crippen molar-refractivity contribution in [3.63, 3.8) is 0 Å². The predicted octanol–water partition coefficient (Wildman–Crippen LogP) is 4.41. The Hall–Kier alpha value is -2.85. The first-order chi connectivity index (χ1) is 17.8. The highest BCUT2D eigenvalue weighted by Gasteiger charge is 2.50. The van der Waals surface area contributed by atoms with Crippen LogP contribution in [0.25, 0.3) is 0 Å². The van der Waals surface area contributed by atoms with Gasteiger partial charge in [0.1, 0.15) is 6.04 Å². The lowest BCUT2D eigenvalue weighted by Crippen LogP contribution is -2.52. The normalized spacial score (nSPS) is 24.1. The number of anilines is 1. The lowest BCUT2D eigenvalue weighted by molar-refractivity contribution is -0.143. The van der Waals surface area contributed by atoms with Crippen LogP contribution >= 0.6 is 0 Å². The van der Waals surface area contributed by atoms with Crippen molar-refractivity contribution in [2.75, 3.05) is 24.5 Å². The molecule has 2 amide bonds. The highest BCUT2D eigenvalue weighted by atomic mass is 19.4. The van der Waals surface area contributed by atoms with Crippen LogP contribution in [0.2, 0.25) is 0 Å². The number of hydrogen-bond acceptors (Lipinski definition) is 5.